The summed E-state index contributed by atoms with van der Waals surface area (Å²) in [5, 5.41) is 11.4. The van der Waals surface area contributed by atoms with E-state index in [-0.39, 0.29) is 27.4 Å². The fourth-order valence-electron chi connectivity index (χ4n) is 3.98. The van der Waals surface area contributed by atoms with Gasteiger partial charge in [0.25, 0.3) is 5.78 Å². The molecule has 2 aromatic carbocycles. The van der Waals surface area contributed by atoms with Crippen molar-refractivity contribution in [3.63, 3.8) is 0 Å². The SMILES string of the molecule is COC(=O)c1sc(N2C(=O)C(=O)/C(=C(/O)c3ccc(OC(C)C)cc3)C2c2ccc(C)cc2)nc1C. The second-order valence-electron chi connectivity index (χ2n) is 8.67. The molecule has 1 N–H and O–H groups in total. The molecule has 0 radical (unpaired) electrons. The number of aryl methyl sites for hydroxylation is 2. The molecule has 3 aromatic rings. The molecule has 36 heavy (non-hydrogen) atoms. The van der Waals surface area contributed by atoms with Crippen molar-refractivity contribution < 1.29 is 29.0 Å². The van der Waals surface area contributed by atoms with E-state index in [0.29, 0.717) is 22.6 Å². The Hall–Kier alpha value is -3.98. The number of benzene rings is 2. The number of aromatic nitrogens is 1. The number of esters is 1. The smallest absolute Gasteiger partial charge is 0.350 e. The Bertz CT molecular complexity index is 1360. The Morgan fingerprint density at radius 2 is 1.69 bits per heavy atom. The molecule has 1 unspecified atom stereocenters. The molecule has 0 spiro atoms. The molecule has 0 aliphatic carbocycles. The zero-order valence-electron chi connectivity index (χ0n) is 20.6. The Kier molecular flexibility index (Phi) is 6.94. The van der Waals surface area contributed by atoms with Crippen molar-refractivity contribution in [2.24, 2.45) is 0 Å². The van der Waals surface area contributed by atoms with Crippen LogP contribution in [0.2, 0.25) is 0 Å². The van der Waals surface area contributed by atoms with Gasteiger partial charge in [0, 0.05) is 5.56 Å². The van der Waals surface area contributed by atoms with Crippen LogP contribution in [0.1, 0.15) is 51.9 Å². The summed E-state index contributed by atoms with van der Waals surface area (Å²) in [7, 11) is 1.26. The van der Waals surface area contributed by atoms with Crippen LogP contribution in [0, 0.1) is 13.8 Å². The van der Waals surface area contributed by atoms with E-state index in [1.807, 2.05) is 32.9 Å². The fourth-order valence-corrected chi connectivity index (χ4v) is 4.99. The lowest BCUT2D eigenvalue weighted by Crippen LogP contribution is -2.29. The third-order valence-electron chi connectivity index (χ3n) is 5.70. The van der Waals surface area contributed by atoms with E-state index in [1.54, 1.807) is 43.3 Å². The maximum absolute atomic E-state index is 13.3. The predicted molar refractivity (Wildman–Crippen MR) is 136 cm³/mol. The predicted octanol–water partition coefficient (Wildman–Crippen LogP) is 4.96. The summed E-state index contributed by atoms with van der Waals surface area (Å²) >= 11 is 0.960. The minimum absolute atomic E-state index is 0.0204. The van der Waals surface area contributed by atoms with Gasteiger partial charge >= 0.3 is 11.9 Å². The summed E-state index contributed by atoms with van der Waals surface area (Å²) in [4.78, 5) is 44.6. The summed E-state index contributed by atoms with van der Waals surface area (Å²) in [5.74, 6) is -1.95. The lowest BCUT2D eigenvalue weighted by atomic mass is 9.95. The minimum atomic E-state index is -0.937. The van der Waals surface area contributed by atoms with Gasteiger partial charge in [-0.05, 0) is 57.5 Å². The lowest BCUT2D eigenvalue weighted by Gasteiger charge is -2.23. The molecular weight excluding hydrogens is 480 g/mol. The third kappa shape index (κ3) is 4.61. The molecule has 1 aliphatic heterocycles. The molecule has 2 heterocycles. The van der Waals surface area contributed by atoms with Crippen molar-refractivity contribution in [3.05, 3.63) is 81.4 Å². The van der Waals surface area contributed by atoms with Gasteiger partial charge in [-0.2, -0.15) is 0 Å². The molecule has 0 saturated carbocycles. The molecule has 8 nitrogen and oxygen atoms in total. The first kappa shape index (κ1) is 25.1. The highest BCUT2D eigenvalue weighted by atomic mass is 32.1. The number of methoxy groups -OCH3 is 1. The molecule has 1 aromatic heterocycles. The zero-order valence-corrected chi connectivity index (χ0v) is 21.4. The molecule has 186 valence electrons. The van der Waals surface area contributed by atoms with Crippen molar-refractivity contribution in [2.45, 2.75) is 39.8 Å². The summed E-state index contributed by atoms with van der Waals surface area (Å²) in [6, 6.07) is 13.0. The number of hydrogen-bond acceptors (Lipinski definition) is 8. The number of aliphatic hydroxyl groups excluding tert-OH is 1. The number of carbonyl (C=O) groups excluding carboxylic acids is 3. The molecule has 1 saturated heterocycles. The molecule has 1 amide bonds. The van der Waals surface area contributed by atoms with Crippen LogP contribution >= 0.6 is 11.3 Å². The number of hydrogen-bond donors (Lipinski definition) is 1. The molecular formula is C27H26N2O6S. The van der Waals surface area contributed by atoms with Crippen molar-refractivity contribution in [1.82, 2.24) is 4.98 Å². The van der Waals surface area contributed by atoms with Gasteiger partial charge in [0.15, 0.2) is 5.13 Å². The molecule has 1 atom stereocenters. The second-order valence-corrected chi connectivity index (χ2v) is 9.65. The van der Waals surface area contributed by atoms with E-state index in [1.165, 1.54) is 12.0 Å². The highest BCUT2D eigenvalue weighted by Crippen LogP contribution is 2.44. The number of amides is 1. The van der Waals surface area contributed by atoms with Gasteiger partial charge in [0.05, 0.1) is 30.5 Å². The second kappa shape index (κ2) is 9.94. The van der Waals surface area contributed by atoms with Crippen molar-refractivity contribution in [1.29, 1.82) is 0 Å². The van der Waals surface area contributed by atoms with Crippen LogP contribution in [-0.4, -0.2) is 41.0 Å². The number of carbonyl (C=O) groups is 3. The fraction of sp³-hybridized carbons (Fsp3) is 0.259. The Balaban J connectivity index is 1.87. The number of Topliss-reactive ketones (excluding diaryl/α,β-unsaturated/α-hetero) is 1. The van der Waals surface area contributed by atoms with Gasteiger partial charge in [0.2, 0.25) is 0 Å². The molecule has 1 aliphatic rings. The van der Waals surface area contributed by atoms with Crippen LogP contribution in [0.5, 0.6) is 5.75 Å². The third-order valence-corrected chi connectivity index (χ3v) is 6.84. The summed E-state index contributed by atoms with van der Waals surface area (Å²) in [5.41, 5.74) is 2.30. The van der Waals surface area contributed by atoms with Gasteiger partial charge in [-0.1, -0.05) is 41.2 Å². The van der Waals surface area contributed by atoms with Crippen LogP contribution in [-0.2, 0) is 14.3 Å². The maximum Gasteiger partial charge on any atom is 0.350 e. The largest absolute Gasteiger partial charge is 0.507 e. The standard InChI is InChI=1S/C27H26N2O6S/c1-14(2)35-19-12-10-18(11-13-19)22(30)20-21(17-8-6-15(3)7-9-17)29(25(32)23(20)31)27-28-16(4)24(36-27)26(33)34-5/h6-14,21,30H,1-5H3/b22-20+. The normalized spacial score (nSPS) is 17.1. The number of aliphatic hydroxyl groups is 1. The van der Waals surface area contributed by atoms with Crippen LogP contribution in [0.25, 0.3) is 5.76 Å². The average molecular weight is 507 g/mol. The minimum Gasteiger partial charge on any atom is -0.507 e. The summed E-state index contributed by atoms with van der Waals surface area (Å²) in [6.45, 7) is 7.37. The Morgan fingerprint density at radius 3 is 2.28 bits per heavy atom. The molecule has 0 bridgehead atoms. The van der Waals surface area contributed by atoms with Crippen LogP contribution in [0.15, 0.2) is 54.1 Å². The van der Waals surface area contributed by atoms with Crippen LogP contribution in [0.3, 0.4) is 0 Å². The first-order valence-corrected chi connectivity index (χ1v) is 12.1. The topological polar surface area (TPSA) is 106 Å². The van der Waals surface area contributed by atoms with Crippen LogP contribution in [0.4, 0.5) is 5.13 Å². The first-order chi connectivity index (χ1) is 17.1. The number of rotatable bonds is 6. The Morgan fingerprint density at radius 1 is 1.06 bits per heavy atom. The first-order valence-electron chi connectivity index (χ1n) is 11.3. The number of ketones is 1. The van der Waals surface area contributed by atoms with Crippen molar-refractivity contribution >= 4 is 39.9 Å². The van der Waals surface area contributed by atoms with E-state index < -0.39 is 23.7 Å². The molecule has 9 heteroatoms. The van der Waals surface area contributed by atoms with Gasteiger partial charge in [-0.25, -0.2) is 9.78 Å². The van der Waals surface area contributed by atoms with E-state index in [2.05, 4.69) is 4.98 Å². The van der Waals surface area contributed by atoms with Gasteiger partial charge in [0.1, 0.15) is 16.4 Å². The molecule has 4 rings (SSSR count). The lowest BCUT2D eigenvalue weighted by molar-refractivity contribution is -0.132. The highest BCUT2D eigenvalue weighted by molar-refractivity contribution is 7.17. The zero-order chi connectivity index (χ0) is 26.1. The van der Waals surface area contributed by atoms with Gasteiger partial charge in [-0.3, -0.25) is 14.5 Å². The van der Waals surface area contributed by atoms with Crippen molar-refractivity contribution in [2.75, 3.05) is 12.0 Å². The Labute approximate surface area is 212 Å². The van der Waals surface area contributed by atoms with E-state index in [0.717, 1.165) is 16.9 Å². The van der Waals surface area contributed by atoms with Gasteiger partial charge in [-0.15, -0.1) is 0 Å². The van der Waals surface area contributed by atoms with E-state index >= 15 is 0 Å². The number of nitrogens with zero attached hydrogens (tertiary/aromatic N) is 2. The van der Waals surface area contributed by atoms with Gasteiger partial charge < -0.3 is 14.6 Å². The van der Waals surface area contributed by atoms with E-state index in [4.69, 9.17) is 9.47 Å². The van der Waals surface area contributed by atoms with E-state index in [9.17, 15) is 19.5 Å². The summed E-state index contributed by atoms with van der Waals surface area (Å²) in [6.07, 6.45) is -0.0204. The number of thiazole rings is 1. The highest BCUT2D eigenvalue weighted by Gasteiger charge is 2.48. The number of ether oxygens (including phenoxy) is 2. The van der Waals surface area contributed by atoms with Crippen LogP contribution < -0.4 is 9.64 Å². The quantitative estimate of drug-likeness (QED) is 0.218. The summed E-state index contributed by atoms with van der Waals surface area (Å²) < 4.78 is 10.5. The maximum atomic E-state index is 13.3. The van der Waals surface area contributed by atoms with Crippen molar-refractivity contribution in [3.8, 4) is 5.75 Å². The monoisotopic (exact) mass is 506 g/mol. The average Bonchev–Trinajstić information content (AvgIpc) is 3.35. The number of anilines is 1. The molecule has 1 fully saturated rings.